The zero-order valence-electron chi connectivity index (χ0n) is 9.84. The first-order chi connectivity index (χ1) is 7.03. The van der Waals surface area contributed by atoms with Crippen molar-refractivity contribution in [3.8, 4) is 0 Å². The Morgan fingerprint density at radius 1 is 1.47 bits per heavy atom. The van der Waals surface area contributed by atoms with Crippen LogP contribution in [0.4, 0.5) is 0 Å². The molecule has 0 aliphatic heterocycles. The van der Waals surface area contributed by atoms with E-state index in [4.69, 9.17) is 0 Å². The normalized spacial score (nSPS) is 17.0. The quantitative estimate of drug-likeness (QED) is 0.850. The van der Waals surface area contributed by atoms with Crippen molar-refractivity contribution in [2.24, 2.45) is 5.92 Å². The van der Waals surface area contributed by atoms with Gasteiger partial charge in [0.15, 0.2) is 0 Å². The number of aromatic nitrogens is 1. The maximum absolute atomic E-state index is 4.48. The van der Waals surface area contributed by atoms with Gasteiger partial charge in [-0.15, -0.1) is 11.3 Å². The van der Waals surface area contributed by atoms with Crippen LogP contribution in [0.25, 0.3) is 0 Å². The fraction of sp³-hybridized carbons (Fsp3) is 0.750. The third-order valence-electron chi connectivity index (χ3n) is 2.55. The van der Waals surface area contributed by atoms with E-state index in [1.54, 1.807) is 0 Å². The number of hydrogen-bond acceptors (Lipinski definition) is 3. The Morgan fingerprint density at radius 2 is 2.20 bits per heavy atom. The van der Waals surface area contributed by atoms with Gasteiger partial charge < -0.3 is 5.32 Å². The van der Waals surface area contributed by atoms with Gasteiger partial charge in [0.25, 0.3) is 0 Å². The third kappa shape index (κ3) is 3.92. The average molecular weight is 224 g/mol. The standard InChI is InChI=1S/C12H20N2S/c1-12(2,3)14-8-10-7-13-11(15-10)6-9-4-5-9/h7,9,14H,4-6,8H2,1-3H3. The SMILES string of the molecule is CC(C)(C)NCc1cnc(CC2CC2)s1. The highest BCUT2D eigenvalue weighted by Crippen LogP contribution is 2.33. The summed E-state index contributed by atoms with van der Waals surface area (Å²) in [6.45, 7) is 7.53. The number of nitrogens with one attached hydrogen (secondary N) is 1. The summed E-state index contributed by atoms with van der Waals surface area (Å²) in [5.74, 6) is 0.944. The third-order valence-corrected chi connectivity index (χ3v) is 3.57. The highest BCUT2D eigenvalue weighted by atomic mass is 32.1. The molecule has 0 spiro atoms. The Kier molecular flexibility index (Phi) is 3.12. The first kappa shape index (κ1) is 11.1. The second-order valence-corrected chi connectivity index (χ2v) is 6.67. The lowest BCUT2D eigenvalue weighted by Gasteiger charge is -2.19. The van der Waals surface area contributed by atoms with E-state index in [-0.39, 0.29) is 5.54 Å². The van der Waals surface area contributed by atoms with Crippen LogP contribution in [0.3, 0.4) is 0 Å². The highest BCUT2D eigenvalue weighted by molar-refractivity contribution is 7.11. The molecule has 0 aromatic carbocycles. The summed E-state index contributed by atoms with van der Waals surface area (Å²) >= 11 is 1.87. The minimum Gasteiger partial charge on any atom is -0.307 e. The van der Waals surface area contributed by atoms with Crippen molar-refractivity contribution >= 4 is 11.3 Å². The molecule has 1 aliphatic rings. The molecule has 1 saturated carbocycles. The Labute approximate surface area is 96.1 Å². The van der Waals surface area contributed by atoms with Crippen LogP contribution in [0.5, 0.6) is 0 Å². The van der Waals surface area contributed by atoms with Crippen LogP contribution < -0.4 is 5.32 Å². The van der Waals surface area contributed by atoms with Crippen molar-refractivity contribution < 1.29 is 0 Å². The van der Waals surface area contributed by atoms with Gasteiger partial charge >= 0.3 is 0 Å². The first-order valence-electron chi connectivity index (χ1n) is 5.71. The van der Waals surface area contributed by atoms with Gasteiger partial charge in [0.2, 0.25) is 0 Å². The summed E-state index contributed by atoms with van der Waals surface area (Å²) in [5, 5.41) is 4.81. The highest BCUT2D eigenvalue weighted by Gasteiger charge is 2.22. The van der Waals surface area contributed by atoms with Crippen molar-refractivity contribution in [1.29, 1.82) is 0 Å². The lowest BCUT2D eigenvalue weighted by molar-refractivity contribution is 0.426. The second-order valence-electron chi connectivity index (χ2n) is 5.47. The molecule has 1 aliphatic carbocycles. The summed E-state index contributed by atoms with van der Waals surface area (Å²) in [6.07, 6.45) is 6.06. The lowest BCUT2D eigenvalue weighted by Crippen LogP contribution is -2.34. The molecule has 2 rings (SSSR count). The number of nitrogens with zero attached hydrogens (tertiary/aromatic N) is 1. The molecule has 15 heavy (non-hydrogen) atoms. The second kappa shape index (κ2) is 4.22. The van der Waals surface area contributed by atoms with Crippen molar-refractivity contribution in [3.63, 3.8) is 0 Å². The van der Waals surface area contributed by atoms with Gasteiger partial charge in [0, 0.05) is 29.6 Å². The molecule has 0 atom stereocenters. The van der Waals surface area contributed by atoms with Crippen LogP contribution in [0.15, 0.2) is 6.20 Å². The molecule has 0 saturated heterocycles. The predicted octanol–water partition coefficient (Wildman–Crippen LogP) is 2.98. The minimum atomic E-state index is 0.195. The van der Waals surface area contributed by atoms with Crippen molar-refractivity contribution in [2.75, 3.05) is 0 Å². The van der Waals surface area contributed by atoms with Gasteiger partial charge in [-0.1, -0.05) is 0 Å². The molecule has 1 heterocycles. The fourth-order valence-electron chi connectivity index (χ4n) is 1.45. The molecule has 1 aromatic rings. The molecular formula is C12H20N2S. The number of hydrogen-bond donors (Lipinski definition) is 1. The van der Waals surface area contributed by atoms with Gasteiger partial charge in [0.1, 0.15) is 0 Å². The van der Waals surface area contributed by atoms with Crippen LogP contribution in [0.1, 0.15) is 43.5 Å². The molecule has 0 amide bonds. The summed E-state index contributed by atoms with van der Waals surface area (Å²) in [5.41, 5.74) is 0.195. The molecule has 0 radical (unpaired) electrons. The van der Waals surface area contributed by atoms with E-state index in [0.29, 0.717) is 0 Å². The minimum absolute atomic E-state index is 0.195. The van der Waals surface area contributed by atoms with Crippen LogP contribution in [-0.2, 0) is 13.0 Å². The van der Waals surface area contributed by atoms with Gasteiger partial charge in [-0.2, -0.15) is 0 Å². The summed E-state index contributed by atoms with van der Waals surface area (Å²) in [7, 11) is 0. The van der Waals surface area contributed by atoms with E-state index in [1.165, 1.54) is 29.1 Å². The monoisotopic (exact) mass is 224 g/mol. The molecular weight excluding hydrogens is 204 g/mol. The van der Waals surface area contributed by atoms with Gasteiger partial charge in [0.05, 0.1) is 5.01 Å². The first-order valence-corrected chi connectivity index (χ1v) is 6.53. The Balaban J connectivity index is 1.83. The Hall–Kier alpha value is -0.410. The van der Waals surface area contributed by atoms with Crippen LogP contribution >= 0.6 is 11.3 Å². The van der Waals surface area contributed by atoms with E-state index in [0.717, 1.165) is 12.5 Å². The molecule has 84 valence electrons. The number of rotatable bonds is 4. The summed E-state index contributed by atoms with van der Waals surface area (Å²) in [6, 6.07) is 0. The van der Waals surface area contributed by atoms with Gasteiger partial charge in [-0.05, 0) is 39.5 Å². The van der Waals surface area contributed by atoms with Crippen LogP contribution in [0.2, 0.25) is 0 Å². The molecule has 1 aromatic heterocycles. The largest absolute Gasteiger partial charge is 0.307 e. The Bertz CT molecular complexity index is 321. The van der Waals surface area contributed by atoms with Crippen molar-refractivity contribution in [2.45, 2.75) is 52.1 Å². The topological polar surface area (TPSA) is 24.9 Å². The smallest absolute Gasteiger partial charge is 0.0930 e. The molecule has 0 bridgehead atoms. The van der Waals surface area contributed by atoms with Gasteiger partial charge in [-0.3, -0.25) is 0 Å². The van der Waals surface area contributed by atoms with Crippen LogP contribution in [-0.4, -0.2) is 10.5 Å². The lowest BCUT2D eigenvalue weighted by atomic mass is 10.1. The molecule has 2 nitrogen and oxygen atoms in total. The number of thiazole rings is 1. The van der Waals surface area contributed by atoms with Crippen LogP contribution in [0, 0.1) is 5.92 Å². The van der Waals surface area contributed by atoms with E-state index >= 15 is 0 Å². The zero-order chi connectivity index (χ0) is 10.9. The van der Waals surface area contributed by atoms with E-state index < -0.39 is 0 Å². The van der Waals surface area contributed by atoms with Crippen molar-refractivity contribution in [1.82, 2.24) is 10.3 Å². The molecule has 0 unspecified atom stereocenters. The maximum Gasteiger partial charge on any atom is 0.0930 e. The predicted molar refractivity (Wildman–Crippen MR) is 65.1 cm³/mol. The van der Waals surface area contributed by atoms with E-state index in [1.807, 2.05) is 17.5 Å². The Morgan fingerprint density at radius 3 is 2.80 bits per heavy atom. The molecule has 3 heteroatoms. The maximum atomic E-state index is 4.48. The molecule has 1 fully saturated rings. The summed E-state index contributed by atoms with van der Waals surface area (Å²) in [4.78, 5) is 5.84. The van der Waals surface area contributed by atoms with Crippen molar-refractivity contribution in [3.05, 3.63) is 16.1 Å². The fourth-order valence-corrected chi connectivity index (χ4v) is 2.42. The average Bonchev–Trinajstić information content (AvgIpc) is 2.79. The van der Waals surface area contributed by atoms with E-state index in [9.17, 15) is 0 Å². The molecule has 1 N–H and O–H groups in total. The zero-order valence-corrected chi connectivity index (χ0v) is 10.7. The summed E-state index contributed by atoms with van der Waals surface area (Å²) < 4.78 is 0. The van der Waals surface area contributed by atoms with Gasteiger partial charge in [-0.25, -0.2) is 4.98 Å². The van der Waals surface area contributed by atoms with E-state index in [2.05, 4.69) is 31.1 Å².